The van der Waals surface area contributed by atoms with Gasteiger partial charge < -0.3 is 5.11 Å². The number of carboxylic acids is 1. The zero-order valence-electron chi connectivity index (χ0n) is 7.41. The van der Waals surface area contributed by atoms with Crippen LogP contribution in [0.1, 0.15) is 0 Å². The molecule has 1 amide bonds. The van der Waals surface area contributed by atoms with Crippen molar-refractivity contribution in [3.8, 4) is 0 Å². The number of nitrogens with two attached hydrogens (primary N) is 1. The number of allylic oxidation sites excluding steroid dienone is 2. The molecule has 1 rings (SSSR count). The highest BCUT2D eigenvalue weighted by atomic mass is 19.1. The van der Waals surface area contributed by atoms with E-state index in [1.807, 2.05) is 0 Å². The minimum Gasteiger partial charge on any atom is -0.481 e. The average molecular weight is 218 g/mol. The molecular weight excluding hydrogens is 210 g/mol. The highest BCUT2D eigenvalue weighted by Crippen LogP contribution is 2.32. The molecular formula is C8H8F2N2O3. The van der Waals surface area contributed by atoms with Crippen LogP contribution in [0.4, 0.5) is 8.78 Å². The van der Waals surface area contributed by atoms with Gasteiger partial charge >= 0.3 is 5.97 Å². The van der Waals surface area contributed by atoms with Crippen LogP contribution in [-0.4, -0.2) is 22.7 Å². The normalized spacial score (nSPS) is 29.5. The third kappa shape index (κ3) is 1.86. The standard InChI is InChI=1S/C8H8F2N2O3/c9-4-1-2-5(6(13)14)8(10,3-4)7(15)12-11/h1-3,5H,11H2,(H,12,15)(H,13,14)/t5-,8-/m0/s1. The molecule has 5 nitrogen and oxygen atoms in total. The number of carbonyl (C=O) groups excluding carboxylic acids is 1. The zero-order valence-corrected chi connectivity index (χ0v) is 7.41. The largest absolute Gasteiger partial charge is 0.481 e. The fraction of sp³-hybridized carbons (Fsp3) is 0.250. The summed E-state index contributed by atoms with van der Waals surface area (Å²) < 4.78 is 26.6. The first-order chi connectivity index (χ1) is 6.91. The fourth-order valence-electron chi connectivity index (χ4n) is 1.25. The molecule has 1 aliphatic carbocycles. The maximum atomic E-state index is 13.9. The van der Waals surface area contributed by atoms with Crippen molar-refractivity contribution in [1.82, 2.24) is 5.43 Å². The summed E-state index contributed by atoms with van der Waals surface area (Å²) in [5.41, 5.74) is -1.54. The number of amides is 1. The van der Waals surface area contributed by atoms with Gasteiger partial charge in [0, 0.05) is 0 Å². The predicted molar refractivity (Wildman–Crippen MR) is 45.6 cm³/mol. The van der Waals surface area contributed by atoms with Gasteiger partial charge in [0.2, 0.25) is 5.67 Å². The zero-order chi connectivity index (χ0) is 11.6. The third-order valence-electron chi connectivity index (χ3n) is 1.99. The first-order valence-electron chi connectivity index (χ1n) is 3.91. The van der Waals surface area contributed by atoms with Crippen LogP contribution in [-0.2, 0) is 9.59 Å². The summed E-state index contributed by atoms with van der Waals surface area (Å²) in [5, 5.41) is 8.64. The molecule has 0 aliphatic heterocycles. The number of aliphatic carboxylic acids is 1. The molecule has 1 aliphatic rings. The minimum absolute atomic E-state index is 0.286. The number of nitrogens with one attached hydrogen (secondary N) is 1. The lowest BCUT2D eigenvalue weighted by molar-refractivity contribution is -0.149. The molecule has 0 unspecified atom stereocenters. The minimum atomic E-state index is -3.00. The number of rotatable bonds is 2. The van der Waals surface area contributed by atoms with E-state index in [0.717, 1.165) is 12.2 Å². The van der Waals surface area contributed by atoms with Crippen molar-refractivity contribution in [2.75, 3.05) is 0 Å². The second-order valence-corrected chi connectivity index (χ2v) is 2.95. The molecule has 82 valence electrons. The monoisotopic (exact) mass is 218 g/mol. The Morgan fingerprint density at radius 3 is 2.67 bits per heavy atom. The van der Waals surface area contributed by atoms with Crippen LogP contribution in [0.3, 0.4) is 0 Å². The summed E-state index contributed by atoms with van der Waals surface area (Å²) in [6.07, 6.45) is 1.82. The Bertz CT molecular complexity index is 367. The van der Waals surface area contributed by atoms with Gasteiger partial charge in [-0.05, 0) is 12.2 Å². The molecule has 4 N–H and O–H groups in total. The van der Waals surface area contributed by atoms with E-state index < -0.39 is 29.3 Å². The molecule has 0 bridgehead atoms. The Kier molecular flexibility index (Phi) is 2.85. The molecule has 0 radical (unpaired) electrons. The van der Waals surface area contributed by atoms with E-state index in [9.17, 15) is 18.4 Å². The Hall–Kier alpha value is -1.76. The molecule has 0 saturated heterocycles. The highest BCUT2D eigenvalue weighted by Gasteiger charge is 2.49. The van der Waals surface area contributed by atoms with Gasteiger partial charge in [0.15, 0.2) is 0 Å². The van der Waals surface area contributed by atoms with Gasteiger partial charge in [-0.15, -0.1) is 0 Å². The third-order valence-corrected chi connectivity index (χ3v) is 1.99. The number of halogens is 2. The van der Waals surface area contributed by atoms with E-state index in [0.29, 0.717) is 0 Å². The first-order valence-corrected chi connectivity index (χ1v) is 3.91. The summed E-state index contributed by atoms with van der Waals surface area (Å²) in [7, 11) is 0. The van der Waals surface area contributed by atoms with Crippen LogP contribution in [0.25, 0.3) is 0 Å². The van der Waals surface area contributed by atoms with Crippen LogP contribution >= 0.6 is 0 Å². The fourth-order valence-corrected chi connectivity index (χ4v) is 1.25. The molecule has 0 fully saturated rings. The van der Waals surface area contributed by atoms with Crippen molar-refractivity contribution in [2.45, 2.75) is 5.67 Å². The number of carbonyl (C=O) groups is 2. The van der Waals surface area contributed by atoms with E-state index in [2.05, 4.69) is 5.84 Å². The molecule has 0 spiro atoms. The molecule has 0 aromatic heterocycles. The van der Waals surface area contributed by atoms with Crippen LogP contribution in [0.2, 0.25) is 0 Å². The Balaban J connectivity index is 3.16. The molecule has 7 heteroatoms. The lowest BCUT2D eigenvalue weighted by Crippen LogP contribution is -2.52. The van der Waals surface area contributed by atoms with E-state index in [4.69, 9.17) is 5.11 Å². The molecule has 0 heterocycles. The maximum Gasteiger partial charge on any atom is 0.314 e. The Morgan fingerprint density at radius 2 is 2.20 bits per heavy atom. The molecule has 15 heavy (non-hydrogen) atoms. The van der Waals surface area contributed by atoms with E-state index >= 15 is 0 Å². The molecule has 0 aromatic rings. The summed E-state index contributed by atoms with van der Waals surface area (Å²) in [6, 6.07) is 0. The van der Waals surface area contributed by atoms with Gasteiger partial charge in [-0.3, -0.25) is 15.0 Å². The molecule has 0 saturated carbocycles. The summed E-state index contributed by atoms with van der Waals surface area (Å²) >= 11 is 0. The number of carboxylic acid groups (broad SMARTS) is 1. The van der Waals surface area contributed by atoms with Gasteiger partial charge in [0.25, 0.3) is 5.91 Å². The summed E-state index contributed by atoms with van der Waals surface area (Å²) in [6.45, 7) is 0. The number of alkyl halides is 1. The van der Waals surface area contributed by atoms with Crippen molar-refractivity contribution >= 4 is 11.9 Å². The summed E-state index contributed by atoms with van der Waals surface area (Å²) in [4.78, 5) is 21.7. The molecule has 2 atom stereocenters. The van der Waals surface area contributed by atoms with Crippen molar-refractivity contribution < 1.29 is 23.5 Å². The van der Waals surface area contributed by atoms with Gasteiger partial charge in [-0.2, -0.15) is 0 Å². The van der Waals surface area contributed by atoms with Crippen LogP contribution < -0.4 is 11.3 Å². The van der Waals surface area contributed by atoms with Gasteiger partial charge in [-0.25, -0.2) is 14.6 Å². The average Bonchev–Trinajstić information content (AvgIpc) is 2.15. The quantitative estimate of drug-likeness (QED) is 0.340. The SMILES string of the molecule is NNC(=O)[C@]1(F)C=C(F)C=C[C@H]1C(=O)O. The van der Waals surface area contributed by atoms with Crippen LogP contribution in [0.5, 0.6) is 0 Å². The Labute approximate surface area is 83.2 Å². The number of hydrogen-bond acceptors (Lipinski definition) is 3. The van der Waals surface area contributed by atoms with E-state index in [1.54, 1.807) is 0 Å². The Morgan fingerprint density at radius 1 is 1.60 bits per heavy atom. The van der Waals surface area contributed by atoms with E-state index in [1.165, 1.54) is 5.43 Å². The van der Waals surface area contributed by atoms with Gasteiger partial charge in [0.05, 0.1) is 0 Å². The smallest absolute Gasteiger partial charge is 0.314 e. The second kappa shape index (κ2) is 3.77. The van der Waals surface area contributed by atoms with E-state index in [-0.39, 0.29) is 6.08 Å². The maximum absolute atomic E-state index is 13.9. The first kappa shape index (κ1) is 11.3. The van der Waals surface area contributed by atoms with Crippen LogP contribution in [0, 0.1) is 5.92 Å². The van der Waals surface area contributed by atoms with Crippen LogP contribution in [0.15, 0.2) is 24.1 Å². The predicted octanol–water partition coefficient (Wildman–Crippen LogP) is -0.191. The van der Waals surface area contributed by atoms with Crippen molar-refractivity contribution in [2.24, 2.45) is 11.8 Å². The number of hydrogen-bond donors (Lipinski definition) is 3. The van der Waals surface area contributed by atoms with Gasteiger partial charge in [-0.1, -0.05) is 6.08 Å². The van der Waals surface area contributed by atoms with Crippen molar-refractivity contribution in [3.05, 3.63) is 24.1 Å². The highest BCUT2D eigenvalue weighted by molar-refractivity contribution is 5.94. The second-order valence-electron chi connectivity index (χ2n) is 2.95. The lowest BCUT2D eigenvalue weighted by Gasteiger charge is -2.26. The molecule has 0 aromatic carbocycles. The topological polar surface area (TPSA) is 92.4 Å². The van der Waals surface area contributed by atoms with Crippen molar-refractivity contribution in [1.29, 1.82) is 0 Å². The summed E-state index contributed by atoms with van der Waals surface area (Å²) in [5.74, 6) is -1.12. The number of hydrazine groups is 1. The van der Waals surface area contributed by atoms with Crippen molar-refractivity contribution in [3.63, 3.8) is 0 Å². The lowest BCUT2D eigenvalue weighted by atomic mass is 9.84. The van der Waals surface area contributed by atoms with Gasteiger partial charge in [0.1, 0.15) is 11.7 Å².